The molecule has 4 rings (SSSR count). The third-order valence-electron chi connectivity index (χ3n) is 4.39. The standard InChI is InChI=1S/C20H15ClN4/c21-25-19(22-23-24-25)20(16-10-4-1-5-11-16,17-12-6-2-7-13-17)18-14-8-3-9-15-18/h1-15H. The van der Waals surface area contributed by atoms with Gasteiger partial charge in [-0.1, -0.05) is 91.0 Å². The Kier molecular flexibility index (Phi) is 4.04. The van der Waals surface area contributed by atoms with Crippen molar-refractivity contribution in [2.75, 3.05) is 0 Å². The second-order valence-corrected chi connectivity index (χ2v) is 6.03. The molecule has 1 heterocycles. The van der Waals surface area contributed by atoms with Crippen LogP contribution in [0.2, 0.25) is 0 Å². The molecule has 122 valence electrons. The minimum atomic E-state index is -0.713. The Morgan fingerprint density at radius 1 is 0.640 bits per heavy atom. The predicted octanol–water partition coefficient (Wildman–Crippen LogP) is 4.06. The van der Waals surface area contributed by atoms with Gasteiger partial charge in [0.25, 0.3) is 0 Å². The van der Waals surface area contributed by atoms with Gasteiger partial charge in [-0.2, -0.15) is 0 Å². The summed E-state index contributed by atoms with van der Waals surface area (Å²) >= 11 is 6.35. The van der Waals surface area contributed by atoms with E-state index in [1.807, 2.05) is 54.6 Å². The topological polar surface area (TPSA) is 43.6 Å². The first kappa shape index (κ1) is 15.5. The van der Waals surface area contributed by atoms with E-state index in [1.165, 1.54) is 4.20 Å². The zero-order valence-corrected chi connectivity index (χ0v) is 14.1. The van der Waals surface area contributed by atoms with E-state index in [4.69, 9.17) is 11.8 Å². The SMILES string of the molecule is Cln1nnnc1C(c1ccccc1)(c1ccccc1)c1ccccc1. The van der Waals surface area contributed by atoms with E-state index in [2.05, 4.69) is 51.9 Å². The summed E-state index contributed by atoms with van der Waals surface area (Å²) in [6, 6.07) is 30.5. The van der Waals surface area contributed by atoms with Gasteiger partial charge >= 0.3 is 0 Å². The van der Waals surface area contributed by atoms with Crippen LogP contribution in [0.15, 0.2) is 91.0 Å². The molecule has 0 aliphatic rings. The average molecular weight is 347 g/mol. The monoisotopic (exact) mass is 346 g/mol. The highest BCUT2D eigenvalue weighted by Crippen LogP contribution is 2.43. The fraction of sp³-hybridized carbons (Fsp3) is 0.0500. The lowest BCUT2D eigenvalue weighted by Crippen LogP contribution is -2.33. The summed E-state index contributed by atoms with van der Waals surface area (Å²) < 4.78 is 1.23. The quantitative estimate of drug-likeness (QED) is 0.523. The van der Waals surface area contributed by atoms with Crippen molar-refractivity contribution < 1.29 is 0 Å². The molecule has 4 nitrogen and oxygen atoms in total. The van der Waals surface area contributed by atoms with Gasteiger partial charge in [-0.15, -0.1) is 9.30 Å². The summed E-state index contributed by atoms with van der Waals surface area (Å²) in [6.45, 7) is 0. The Bertz CT molecular complexity index is 856. The number of rotatable bonds is 4. The van der Waals surface area contributed by atoms with Gasteiger partial charge in [-0.3, -0.25) is 0 Å². The lowest BCUT2D eigenvalue weighted by Gasteiger charge is -2.33. The van der Waals surface area contributed by atoms with E-state index in [0.29, 0.717) is 5.82 Å². The molecule has 25 heavy (non-hydrogen) atoms. The van der Waals surface area contributed by atoms with Crippen LogP contribution in [-0.2, 0) is 5.41 Å². The van der Waals surface area contributed by atoms with Crippen molar-refractivity contribution >= 4 is 11.8 Å². The summed E-state index contributed by atoms with van der Waals surface area (Å²) in [5.41, 5.74) is 2.42. The molecule has 0 unspecified atom stereocenters. The van der Waals surface area contributed by atoms with E-state index in [-0.39, 0.29) is 0 Å². The summed E-state index contributed by atoms with van der Waals surface area (Å²) in [4.78, 5) is 0. The molecule has 0 aliphatic carbocycles. The molecular weight excluding hydrogens is 332 g/mol. The molecule has 0 spiro atoms. The highest BCUT2D eigenvalue weighted by Gasteiger charge is 2.43. The molecule has 0 radical (unpaired) electrons. The van der Waals surface area contributed by atoms with E-state index >= 15 is 0 Å². The Labute approximate surface area is 150 Å². The maximum atomic E-state index is 6.35. The van der Waals surface area contributed by atoms with Gasteiger partial charge in [-0.05, 0) is 27.1 Å². The predicted molar refractivity (Wildman–Crippen MR) is 97.4 cm³/mol. The van der Waals surface area contributed by atoms with Crippen LogP contribution in [0.4, 0.5) is 0 Å². The molecule has 1 aromatic heterocycles. The average Bonchev–Trinajstić information content (AvgIpc) is 3.12. The maximum absolute atomic E-state index is 6.35. The molecule has 0 aliphatic heterocycles. The number of nitrogens with zero attached hydrogens (tertiary/aromatic N) is 4. The van der Waals surface area contributed by atoms with Gasteiger partial charge in [0.1, 0.15) is 5.41 Å². The van der Waals surface area contributed by atoms with Crippen LogP contribution in [0.1, 0.15) is 22.5 Å². The zero-order chi connectivity index (χ0) is 17.1. The number of halogens is 1. The molecule has 0 amide bonds. The van der Waals surface area contributed by atoms with Crippen LogP contribution in [0.5, 0.6) is 0 Å². The number of benzene rings is 3. The highest BCUT2D eigenvalue weighted by atomic mass is 35.5. The van der Waals surface area contributed by atoms with Crippen LogP contribution < -0.4 is 0 Å². The van der Waals surface area contributed by atoms with E-state index in [1.54, 1.807) is 0 Å². The van der Waals surface area contributed by atoms with Crippen molar-refractivity contribution in [2.45, 2.75) is 5.41 Å². The van der Waals surface area contributed by atoms with E-state index in [9.17, 15) is 0 Å². The molecular formula is C20H15ClN4. The van der Waals surface area contributed by atoms with Gasteiger partial charge < -0.3 is 0 Å². The molecule has 3 aromatic carbocycles. The van der Waals surface area contributed by atoms with Crippen LogP contribution in [0, 0.1) is 0 Å². The smallest absolute Gasteiger partial charge is 0.134 e. The lowest BCUT2D eigenvalue weighted by atomic mass is 9.69. The number of aromatic nitrogens is 4. The summed E-state index contributed by atoms with van der Waals surface area (Å²) in [6.07, 6.45) is 0. The number of hydrogen-bond donors (Lipinski definition) is 0. The van der Waals surface area contributed by atoms with Gasteiger partial charge in [0, 0.05) is 11.8 Å². The van der Waals surface area contributed by atoms with E-state index in [0.717, 1.165) is 16.7 Å². The third-order valence-corrected chi connectivity index (χ3v) is 4.62. The van der Waals surface area contributed by atoms with E-state index < -0.39 is 5.41 Å². The first-order valence-corrected chi connectivity index (χ1v) is 8.29. The Balaban J connectivity index is 2.15. The van der Waals surface area contributed by atoms with Gasteiger partial charge in [0.2, 0.25) is 0 Å². The molecule has 0 bridgehead atoms. The first-order valence-electron chi connectivity index (χ1n) is 7.95. The Hall–Kier alpha value is -2.98. The van der Waals surface area contributed by atoms with Gasteiger partial charge in [0.05, 0.1) is 0 Å². The zero-order valence-electron chi connectivity index (χ0n) is 13.3. The summed E-state index contributed by atoms with van der Waals surface area (Å²) in [5, 5.41) is 12.0. The Morgan fingerprint density at radius 3 is 1.36 bits per heavy atom. The number of tetrazole rings is 1. The van der Waals surface area contributed by atoms with Gasteiger partial charge in [0.15, 0.2) is 5.82 Å². The molecule has 4 aromatic rings. The van der Waals surface area contributed by atoms with Crippen LogP contribution in [0.3, 0.4) is 0 Å². The molecule has 0 fully saturated rings. The molecule has 0 N–H and O–H groups in total. The van der Waals surface area contributed by atoms with Crippen LogP contribution in [0.25, 0.3) is 0 Å². The Morgan fingerprint density at radius 2 is 1.04 bits per heavy atom. The molecule has 0 atom stereocenters. The highest BCUT2D eigenvalue weighted by molar-refractivity contribution is 6.15. The van der Waals surface area contributed by atoms with Crippen molar-refractivity contribution in [3.8, 4) is 0 Å². The minimum absolute atomic E-state index is 0.553. The fourth-order valence-electron chi connectivity index (χ4n) is 3.34. The van der Waals surface area contributed by atoms with Gasteiger partial charge in [-0.25, -0.2) is 0 Å². The van der Waals surface area contributed by atoms with Crippen molar-refractivity contribution in [1.82, 2.24) is 19.7 Å². The second kappa shape index (κ2) is 6.49. The molecule has 0 saturated heterocycles. The summed E-state index contributed by atoms with van der Waals surface area (Å²) in [5.74, 6) is 0.553. The minimum Gasteiger partial charge on any atom is -0.134 e. The van der Waals surface area contributed by atoms with Crippen molar-refractivity contribution in [1.29, 1.82) is 0 Å². The lowest BCUT2D eigenvalue weighted by molar-refractivity contribution is 0.666. The maximum Gasteiger partial charge on any atom is 0.189 e. The van der Waals surface area contributed by atoms with Crippen LogP contribution >= 0.6 is 11.8 Å². The fourth-order valence-corrected chi connectivity index (χ4v) is 3.53. The van der Waals surface area contributed by atoms with Crippen molar-refractivity contribution in [2.24, 2.45) is 0 Å². The molecule has 5 heteroatoms. The normalized spacial score (nSPS) is 11.4. The van der Waals surface area contributed by atoms with Crippen molar-refractivity contribution in [3.05, 3.63) is 114 Å². The molecule has 0 saturated carbocycles. The third kappa shape index (κ3) is 2.51. The number of hydrogen-bond acceptors (Lipinski definition) is 3. The van der Waals surface area contributed by atoms with Crippen LogP contribution in [-0.4, -0.2) is 19.7 Å². The second-order valence-electron chi connectivity index (χ2n) is 5.71. The summed E-state index contributed by atoms with van der Waals surface area (Å²) in [7, 11) is 0. The van der Waals surface area contributed by atoms with Crippen molar-refractivity contribution in [3.63, 3.8) is 0 Å². The first-order chi connectivity index (χ1) is 12.3. The largest absolute Gasteiger partial charge is 0.189 e.